The number of sulfonamides is 1. The highest BCUT2D eigenvalue weighted by Gasteiger charge is 2.50. The van der Waals surface area contributed by atoms with Gasteiger partial charge in [-0.3, -0.25) is 0 Å². The Labute approximate surface area is 137 Å². The van der Waals surface area contributed by atoms with Crippen molar-refractivity contribution < 1.29 is 8.42 Å². The summed E-state index contributed by atoms with van der Waals surface area (Å²) in [6, 6.07) is 7.28. The number of hydrogen-bond acceptors (Lipinski definition) is 2. The van der Waals surface area contributed by atoms with Gasteiger partial charge in [-0.2, -0.15) is 4.31 Å². The molecule has 0 unspecified atom stereocenters. The average Bonchev–Trinajstić information content (AvgIpc) is 2.38. The Morgan fingerprint density at radius 1 is 1.10 bits per heavy atom. The van der Waals surface area contributed by atoms with Crippen LogP contribution >= 0.6 is 31.9 Å². The molecule has 1 aliphatic carbocycles. The minimum atomic E-state index is -3.33. The molecule has 2 aliphatic rings. The zero-order valence-electron chi connectivity index (χ0n) is 11.2. The van der Waals surface area contributed by atoms with Crippen LogP contribution in [0.5, 0.6) is 0 Å². The van der Waals surface area contributed by atoms with Gasteiger partial charge in [0.2, 0.25) is 10.0 Å². The van der Waals surface area contributed by atoms with Crippen molar-refractivity contribution in [2.75, 3.05) is 6.54 Å². The van der Waals surface area contributed by atoms with Gasteiger partial charge < -0.3 is 0 Å². The van der Waals surface area contributed by atoms with Gasteiger partial charge in [-0.15, -0.1) is 0 Å². The standard InChI is InChI=1S/C14H17Br2NO2S/c1-9-2-4-11(5-3-9)20(18,19)17-8-10-6-12(15)13(16)7-14(10)17/h2-5,10,12-14H,6-8H2,1H3/t10-,12+,13-,14-/m0/s1. The maximum absolute atomic E-state index is 12.7. The van der Waals surface area contributed by atoms with Crippen molar-refractivity contribution in [3.05, 3.63) is 29.8 Å². The first-order valence-electron chi connectivity index (χ1n) is 6.76. The molecular formula is C14H17Br2NO2S. The van der Waals surface area contributed by atoms with E-state index < -0.39 is 10.0 Å². The van der Waals surface area contributed by atoms with Gasteiger partial charge in [0.1, 0.15) is 0 Å². The predicted molar refractivity (Wildman–Crippen MR) is 87.0 cm³/mol. The van der Waals surface area contributed by atoms with Crippen molar-refractivity contribution in [2.24, 2.45) is 5.92 Å². The van der Waals surface area contributed by atoms with Gasteiger partial charge in [0, 0.05) is 22.2 Å². The molecule has 1 aromatic carbocycles. The van der Waals surface area contributed by atoms with E-state index in [1.807, 2.05) is 19.1 Å². The molecular weight excluding hydrogens is 406 g/mol. The van der Waals surface area contributed by atoms with Gasteiger partial charge in [0.25, 0.3) is 0 Å². The fourth-order valence-corrected chi connectivity index (χ4v) is 6.11. The number of halogens is 2. The van der Waals surface area contributed by atoms with Gasteiger partial charge in [0.05, 0.1) is 4.90 Å². The lowest BCUT2D eigenvalue weighted by molar-refractivity contribution is 0.0667. The molecule has 0 radical (unpaired) electrons. The molecule has 20 heavy (non-hydrogen) atoms. The average molecular weight is 423 g/mol. The fourth-order valence-electron chi connectivity index (χ4n) is 3.06. The quantitative estimate of drug-likeness (QED) is 0.685. The topological polar surface area (TPSA) is 37.4 Å². The van der Waals surface area contributed by atoms with Crippen molar-refractivity contribution in [2.45, 2.75) is 40.4 Å². The van der Waals surface area contributed by atoms with Crippen LogP contribution in [0.25, 0.3) is 0 Å². The number of nitrogens with zero attached hydrogens (tertiary/aromatic N) is 1. The number of fused-ring (bicyclic) bond motifs is 1. The Balaban J connectivity index is 1.82. The smallest absolute Gasteiger partial charge is 0.207 e. The van der Waals surface area contributed by atoms with Crippen molar-refractivity contribution >= 4 is 41.9 Å². The lowest BCUT2D eigenvalue weighted by atomic mass is 9.79. The summed E-state index contributed by atoms with van der Waals surface area (Å²) in [5.74, 6) is 0.494. The van der Waals surface area contributed by atoms with Crippen LogP contribution in [0.3, 0.4) is 0 Å². The summed E-state index contributed by atoms with van der Waals surface area (Å²) >= 11 is 7.31. The van der Waals surface area contributed by atoms with Crippen molar-refractivity contribution in [1.82, 2.24) is 4.31 Å². The van der Waals surface area contributed by atoms with E-state index in [0.29, 0.717) is 27.0 Å². The first kappa shape index (κ1) is 15.0. The molecule has 1 aliphatic heterocycles. The summed E-state index contributed by atoms with van der Waals surface area (Å²) in [4.78, 5) is 1.21. The molecule has 110 valence electrons. The maximum Gasteiger partial charge on any atom is 0.243 e. The lowest BCUT2D eigenvalue weighted by Gasteiger charge is -2.52. The molecule has 6 heteroatoms. The maximum atomic E-state index is 12.7. The van der Waals surface area contributed by atoms with Crippen LogP contribution < -0.4 is 0 Å². The summed E-state index contributed by atoms with van der Waals surface area (Å²) < 4.78 is 27.0. The van der Waals surface area contributed by atoms with Crippen molar-refractivity contribution in [1.29, 1.82) is 0 Å². The Kier molecular flexibility index (Phi) is 4.03. The lowest BCUT2D eigenvalue weighted by Crippen LogP contribution is -2.62. The highest BCUT2D eigenvalue weighted by Crippen LogP contribution is 2.44. The summed E-state index contributed by atoms with van der Waals surface area (Å²) in [5, 5.41) is 0. The minimum absolute atomic E-state index is 0.152. The predicted octanol–water partition coefficient (Wildman–Crippen LogP) is 3.30. The fraction of sp³-hybridized carbons (Fsp3) is 0.571. The number of alkyl halides is 2. The molecule has 0 spiro atoms. The second-order valence-electron chi connectivity index (χ2n) is 5.72. The second kappa shape index (κ2) is 5.38. The summed E-state index contributed by atoms with van der Waals surface area (Å²) in [6.45, 7) is 2.62. The van der Waals surface area contributed by atoms with Crippen LogP contribution in [0.1, 0.15) is 18.4 Å². The molecule has 0 bridgehead atoms. The number of hydrogen-bond donors (Lipinski definition) is 0. The van der Waals surface area contributed by atoms with Crippen molar-refractivity contribution in [3.63, 3.8) is 0 Å². The van der Waals surface area contributed by atoms with E-state index >= 15 is 0 Å². The number of rotatable bonds is 2. The zero-order valence-corrected chi connectivity index (χ0v) is 15.2. The van der Waals surface area contributed by atoms with Gasteiger partial charge >= 0.3 is 0 Å². The molecule has 1 saturated carbocycles. The molecule has 1 heterocycles. The Morgan fingerprint density at radius 3 is 2.35 bits per heavy atom. The Hall–Kier alpha value is 0.0900. The first-order chi connectivity index (χ1) is 9.39. The normalized spacial score (nSPS) is 34.4. The van der Waals surface area contributed by atoms with Crippen LogP contribution in [0.15, 0.2) is 29.2 Å². The molecule has 4 atom stereocenters. The van der Waals surface area contributed by atoms with E-state index in [2.05, 4.69) is 31.9 Å². The largest absolute Gasteiger partial charge is 0.243 e. The monoisotopic (exact) mass is 421 g/mol. The Bertz CT molecular complexity index is 602. The highest BCUT2D eigenvalue weighted by atomic mass is 79.9. The van der Waals surface area contributed by atoms with Crippen LogP contribution in [0.2, 0.25) is 0 Å². The van der Waals surface area contributed by atoms with Crippen molar-refractivity contribution in [3.8, 4) is 0 Å². The minimum Gasteiger partial charge on any atom is -0.207 e. The van der Waals surface area contributed by atoms with E-state index in [0.717, 1.165) is 18.4 Å². The summed E-state index contributed by atoms with van der Waals surface area (Å²) in [7, 11) is -3.33. The molecule has 0 aromatic heterocycles. The zero-order chi connectivity index (χ0) is 14.5. The van der Waals surface area contributed by atoms with E-state index in [9.17, 15) is 8.42 Å². The molecule has 0 N–H and O–H groups in total. The molecule has 2 fully saturated rings. The van der Waals surface area contributed by atoms with E-state index in [-0.39, 0.29) is 6.04 Å². The summed E-state index contributed by atoms with van der Waals surface area (Å²) in [5.41, 5.74) is 1.07. The van der Waals surface area contributed by atoms with Crippen LogP contribution in [0, 0.1) is 12.8 Å². The third-order valence-electron chi connectivity index (χ3n) is 4.34. The SMILES string of the molecule is Cc1ccc(S(=O)(=O)N2C[C@@H]3C[C@@H](Br)[C@@H](Br)C[C@@H]32)cc1. The molecule has 3 rings (SSSR count). The van der Waals surface area contributed by atoms with E-state index in [1.165, 1.54) is 0 Å². The van der Waals surface area contributed by atoms with Gasteiger partial charge in [-0.05, 0) is 37.8 Å². The van der Waals surface area contributed by atoms with Crippen LogP contribution in [0.4, 0.5) is 0 Å². The highest BCUT2D eigenvalue weighted by molar-refractivity contribution is 9.12. The number of benzene rings is 1. The second-order valence-corrected chi connectivity index (χ2v) is 9.96. The summed E-state index contributed by atoms with van der Waals surface area (Å²) in [6.07, 6.45) is 1.92. The molecule has 3 nitrogen and oxygen atoms in total. The molecule has 0 amide bonds. The van der Waals surface area contributed by atoms with Crippen LogP contribution in [-0.4, -0.2) is 35.0 Å². The van der Waals surface area contributed by atoms with E-state index in [1.54, 1.807) is 16.4 Å². The molecule has 1 aromatic rings. The van der Waals surface area contributed by atoms with E-state index in [4.69, 9.17) is 0 Å². The number of aryl methyl sites for hydroxylation is 1. The first-order valence-corrected chi connectivity index (χ1v) is 10.0. The van der Waals surface area contributed by atoms with Gasteiger partial charge in [-0.25, -0.2) is 8.42 Å². The third kappa shape index (κ3) is 2.49. The van der Waals surface area contributed by atoms with Gasteiger partial charge in [0.15, 0.2) is 0 Å². The molecule has 1 saturated heterocycles. The van der Waals surface area contributed by atoms with Crippen LogP contribution in [-0.2, 0) is 10.0 Å². The third-order valence-corrected chi connectivity index (χ3v) is 8.98. The Morgan fingerprint density at radius 2 is 1.70 bits per heavy atom. The van der Waals surface area contributed by atoms with Gasteiger partial charge in [-0.1, -0.05) is 49.6 Å².